The van der Waals surface area contributed by atoms with E-state index < -0.39 is 0 Å². The molecule has 2 heteroatoms. The minimum atomic E-state index is 0.680. The predicted octanol–water partition coefficient (Wildman–Crippen LogP) is 3.37. The molecule has 0 amide bonds. The van der Waals surface area contributed by atoms with E-state index in [2.05, 4.69) is 42.5 Å². The summed E-state index contributed by atoms with van der Waals surface area (Å²) in [6.45, 7) is 3.32. The Morgan fingerprint density at radius 2 is 2.28 bits per heavy atom. The quantitative estimate of drug-likeness (QED) is 0.848. The van der Waals surface area contributed by atoms with Crippen molar-refractivity contribution in [3.05, 3.63) is 35.0 Å². The van der Waals surface area contributed by atoms with Crippen LogP contribution in [0, 0.1) is 0 Å². The van der Waals surface area contributed by atoms with Gasteiger partial charge in [0, 0.05) is 23.1 Å². The fourth-order valence-corrected chi connectivity index (χ4v) is 3.32. The Morgan fingerprint density at radius 1 is 1.39 bits per heavy atom. The average molecular weight is 242 g/mol. The zero-order valence-corrected chi connectivity index (χ0v) is 11.3. The number of benzene rings is 1. The molecule has 0 radical (unpaired) electrons. The second kappa shape index (κ2) is 4.77. The third-order valence-corrected chi connectivity index (χ3v) is 4.23. The fraction of sp³-hybridized carbons (Fsp3) is 0.500. The molecule has 1 heterocycles. The van der Waals surface area contributed by atoms with E-state index >= 15 is 0 Å². The molecule has 18 heavy (non-hydrogen) atoms. The molecule has 1 aliphatic carbocycles. The topological polar surface area (TPSA) is 27.8 Å². The van der Waals surface area contributed by atoms with Crippen LogP contribution in [-0.4, -0.2) is 18.6 Å². The second-order valence-corrected chi connectivity index (χ2v) is 5.40. The Hall–Kier alpha value is -1.28. The van der Waals surface area contributed by atoms with Crippen LogP contribution in [0.25, 0.3) is 10.9 Å². The van der Waals surface area contributed by atoms with Crippen molar-refractivity contribution >= 4 is 10.9 Å². The van der Waals surface area contributed by atoms with Crippen LogP contribution < -0.4 is 5.32 Å². The van der Waals surface area contributed by atoms with Gasteiger partial charge in [-0.1, -0.05) is 13.0 Å². The van der Waals surface area contributed by atoms with E-state index in [9.17, 15) is 0 Å². The van der Waals surface area contributed by atoms with Gasteiger partial charge >= 0.3 is 0 Å². The van der Waals surface area contributed by atoms with Gasteiger partial charge in [-0.2, -0.15) is 0 Å². The predicted molar refractivity (Wildman–Crippen MR) is 77.3 cm³/mol. The van der Waals surface area contributed by atoms with Crippen molar-refractivity contribution in [3.8, 4) is 0 Å². The Kier molecular flexibility index (Phi) is 3.13. The van der Waals surface area contributed by atoms with Gasteiger partial charge in [0.1, 0.15) is 0 Å². The summed E-state index contributed by atoms with van der Waals surface area (Å²) in [5, 5.41) is 4.81. The summed E-state index contributed by atoms with van der Waals surface area (Å²) < 4.78 is 0. The number of hydrogen-bond acceptors (Lipinski definition) is 1. The first kappa shape index (κ1) is 11.8. The van der Waals surface area contributed by atoms with Crippen LogP contribution in [0.3, 0.4) is 0 Å². The van der Waals surface area contributed by atoms with Gasteiger partial charge in [-0.25, -0.2) is 0 Å². The highest BCUT2D eigenvalue weighted by Crippen LogP contribution is 2.37. The first-order chi connectivity index (χ1) is 8.83. The molecule has 1 atom stereocenters. The van der Waals surface area contributed by atoms with E-state index in [1.165, 1.54) is 41.4 Å². The van der Waals surface area contributed by atoms with Crippen LogP contribution in [0.4, 0.5) is 0 Å². The standard InChI is InChI=1S/C16H22N2/c1-3-11-7-8-14-13(9-11)16-12(10-17-2)5-4-6-15(16)18-14/h7-9,12,17-18H,3-6,10H2,1-2H3. The fourth-order valence-electron chi connectivity index (χ4n) is 3.32. The smallest absolute Gasteiger partial charge is 0.0459 e. The van der Waals surface area contributed by atoms with Gasteiger partial charge in [0.2, 0.25) is 0 Å². The Balaban J connectivity index is 2.15. The molecular formula is C16H22N2. The number of aryl methyl sites for hydroxylation is 2. The molecule has 1 aliphatic rings. The number of nitrogens with one attached hydrogen (secondary N) is 2. The van der Waals surface area contributed by atoms with E-state index in [1.807, 2.05) is 0 Å². The highest BCUT2D eigenvalue weighted by molar-refractivity contribution is 5.86. The van der Waals surface area contributed by atoms with Gasteiger partial charge in [0.15, 0.2) is 0 Å². The first-order valence-corrected chi connectivity index (χ1v) is 7.11. The SMILES string of the molecule is CCc1ccc2[nH]c3c(c2c1)C(CNC)CCC3. The van der Waals surface area contributed by atoms with E-state index in [1.54, 1.807) is 5.56 Å². The van der Waals surface area contributed by atoms with Gasteiger partial charge in [-0.15, -0.1) is 0 Å². The summed E-state index contributed by atoms with van der Waals surface area (Å²) >= 11 is 0. The van der Waals surface area contributed by atoms with Crippen molar-refractivity contribution in [1.82, 2.24) is 10.3 Å². The molecule has 0 saturated heterocycles. The molecule has 1 unspecified atom stereocenters. The Labute approximate surface area is 109 Å². The summed E-state index contributed by atoms with van der Waals surface area (Å²) in [5.41, 5.74) is 5.82. The summed E-state index contributed by atoms with van der Waals surface area (Å²) in [6, 6.07) is 6.89. The maximum atomic E-state index is 3.63. The molecule has 0 saturated carbocycles. The van der Waals surface area contributed by atoms with Crippen molar-refractivity contribution < 1.29 is 0 Å². The third kappa shape index (κ3) is 1.85. The zero-order valence-electron chi connectivity index (χ0n) is 11.3. The molecule has 1 aromatic carbocycles. The number of H-pyrrole nitrogens is 1. The van der Waals surface area contributed by atoms with Crippen LogP contribution in [0.2, 0.25) is 0 Å². The van der Waals surface area contributed by atoms with Crippen molar-refractivity contribution in [1.29, 1.82) is 0 Å². The van der Waals surface area contributed by atoms with Crippen LogP contribution in [-0.2, 0) is 12.8 Å². The second-order valence-electron chi connectivity index (χ2n) is 5.40. The summed E-state index contributed by atoms with van der Waals surface area (Å²) in [4.78, 5) is 3.63. The molecule has 0 fully saturated rings. The minimum absolute atomic E-state index is 0.680. The number of hydrogen-bond donors (Lipinski definition) is 2. The molecular weight excluding hydrogens is 220 g/mol. The summed E-state index contributed by atoms with van der Waals surface area (Å²) in [7, 11) is 2.06. The lowest BCUT2D eigenvalue weighted by Crippen LogP contribution is -2.20. The first-order valence-electron chi connectivity index (χ1n) is 7.11. The normalized spacial score (nSPS) is 19.1. The molecule has 0 spiro atoms. The van der Waals surface area contributed by atoms with Gasteiger partial charge in [-0.05, 0) is 61.9 Å². The number of aromatic nitrogens is 1. The van der Waals surface area contributed by atoms with Crippen molar-refractivity contribution in [3.63, 3.8) is 0 Å². The van der Waals surface area contributed by atoms with Crippen LogP contribution in [0.15, 0.2) is 18.2 Å². The Bertz CT molecular complexity index is 553. The largest absolute Gasteiger partial charge is 0.358 e. The van der Waals surface area contributed by atoms with Crippen LogP contribution in [0.5, 0.6) is 0 Å². The molecule has 0 aliphatic heterocycles. The van der Waals surface area contributed by atoms with Crippen LogP contribution in [0.1, 0.15) is 42.5 Å². The summed E-state index contributed by atoms with van der Waals surface area (Å²) in [5.74, 6) is 0.680. The Morgan fingerprint density at radius 3 is 3.06 bits per heavy atom. The lowest BCUT2D eigenvalue weighted by atomic mass is 9.85. The van der Waals surface area contributed by atoms with Gasteiger partial charge in [0.25, 0.3) is 0 Å². The average Bonchev–Trinajstić information content (AvgIpc) is 2.77. The molecule has 2 aromatic rings. The number of rotatable bonds is 3. The molecule has 96 valence electrons. The monoisotopic (exact) mass is 242 g/mol. The highest BCUT2D eigenvalue weighted by Gasteiger charge is 2.23. The van der Waals surface area contributed by atoms with Crippen LogP contribution >= 0.6 is 0 Å². The third-order valence-electron chi connectivity index (χ3n) is 4.23. The lowest BCUT2D eigenvalue weighted by Gasteiger charge is -2.22. The van der Waals surface area contributed by atoms with E-state index in [-0.39, 0.29) is 0 Å². The van der Waals surface area contributed by atoms with Gasteiger partial charge in [0.05, 0.1) is 0 Å². The zero-order chi connectivity index (χ0) is 12.5. The van der Waals surface area contributed by atoms with Crippen molar-refractivity contribution in [2.24, 2.45) is 0 Å². The van der Waals surface area contributed by atoms with E-state index in [0.717, 1.165) is 13.0 Å². The highest BCUT2D eigenvalue weighted by atomic mass is 14.8. The molecule has 0 bridgehead atoms. The van der Waals surface area contributed by atoms with E-state index in [0.29, 0.717) is 5.92 Å². The molecule has 1 aromatic heterocycles. The maximum absolute atomic E-state index is 3.63. The number of fused-ring (bicyclic) bond motifs is 3. The van der Waals surface area contributed by atoms with E-state index in [4.69, 9.17) is 0 Å². The number of likely N-dealkylation sites (N-methyl/N-ethyl adjacent to an activating group) is 1. The minimum Gasteiger partial charge on any atom is -0.358 e. The lowest BCUT2D eigenvalue weighted by molar-refractivity contribution is 0.529. The van der Waals surface area contributed by atoms with Gasteiger partial charge in [-0.3, -0.25) is 0 Å². The maximum Gasteiger partial charge on any atom is 0.0459 e. The van der Waals surface area contributed by atoms with Crippen molar-refractivity contribution in [2.75, 3.05) is 13.6 Å². The molecule has 2 nitrogen and oxygen atoms in total. The number of aromatic amines is 1. The molecule has 2 N–H and O–H groups in total. The summed E-state index contributed by atoms with van der Waals surface area (Å²) in [6.07, 6.45) is 4.96. The van der Waals surface area contributed by atoms with Gasteiger partial charge < -0.3 is 10.3 Å². The molecule has 3 rings (SSSR count). The van der Waals surface area contributed by atoms with Crippen molar-refractivity contribution in [2.45, 2.75) is 38.5 Å².